The molecule has 31 heavy (non-hydrogen) atoms. The molecule has 0 aromatic heterocycles. The van der Waals surface area contributed by atoms with Gasteiger partial charge in [0, 0.05) is 25.5 Å². The summed E-state index contributed by atoms with van der Waals surface area (Å²) in [5, 5.41) is 0. The number of nitrogens with zero attached hydrogens (tertiary/aromatic N) is 2. The van der Waals surface area contributed by atoms with Gasteiger partial charge in [-0.05, 0) is 19.3 Å². The summed E-state index contributed by atoms with van der Waals surface area (Å²) in [6, 6.07) is 0. The van der Waals surface area contributed by atoms with Crippen LogP contribution in [-0.2, 0) is 0 Å². The molecule has 0 aromatic rings. The van der Waals surface area contributed by atoms with Crippen molar-refractivity contribution in [1.29, 1.82) is 0 Å². The molecule has 0 bridgehead atoms. The predicted molar refractivity (Wildman–Crippen MR) is 140 cm³/mol. The molecule has 2 heteroatoms. The van der Waals surface area contributed by atoms with Gasteiger partial charge in [-0.3, -0.25) is 0 Å². The molecule has 0 radical (unpaired) electrons. The first-order valence-corrected chi connectivity index (χ1v) is 14.5. The second-order valence-electron chi connectivity index (χ2n) is 10.1. The molecule has 1 rings (SSSR count). The van der Waals surface area contributed by atoms with E-state index < -0.39 is 0 Å². The molecule has 0 saturated carbocycles. The Labute approximate surface area is 197 Å². The first-order chi connectivity index (χ1) is 15.3. The predicted octanol–water partition coefficient (Wildman–Crippen LogP) is 9.65. The third kappa shape index (κ3) is 14.9. The zero-order valence-electron chi connectivity index (χ0n) is 21.9. The van der Waals surface area contributed by atoms with Crippen molar-refractivity contribution in [3.8, 4) is 0 Å². The highest BCUT2D eigenvalue weighted by atomic mass is 15.4. The summed E-state index contributed by atoms with van der Waals surface area (Å²) in [5.41, 5.74) is 0. The molecule has 1 aliphatic heterocycles. The van der Waals surface area contributed by atoms with E-state index in [1.54, 1.807) is 0 Å². The van der Waals surface area contributed by atoms with Crippen LogP contribution in [0.3, 0.4) is 0 Å². The molecule has 2 nitrogen and oxygen atoms in total. The van der Waals surface area contributed by atoms with Gasteiger partial charge in [0.1, 0.15) is 6.17 Å². The van der Waals surface area contributed by atoms with Crippen molar-refractivity contribution in [2.75, 3.05) is 13.1 Å². The van der Waals surface area contributed by atoms with Crippen LogP contribution in [0, 0.1) is 0 Å². The molecule has 1 heterocycles. The Hall–Kier alpha value is -0.660. The Balaban J connectivity index is 1.98. The van der Waals surface area contributed by atoms with Gasteiger partial charge in [0.05, 0.1) is 0 Å². The summed E-state index contributed by atoms with van der Waals surface area (Å²) in [6.45, 7) is 9.45. The van der Waals surface area contributed by atoms with E-state index in [-0.39, 0.29) is 0 Å². The van der Waals surface area contributed by atoms with Gasteiger partial charge in [-0.25, -0.2) is 0 Å². The van der Waals surface area contributed by atoms with Gasteiger partial charge in [0.2, 0.25) is 0 Å². The van der Waals surface area contributed by atoms with E-state index in [1.165, 1.54) is 148 Å². The van der Waals surface area contributed by atoms with E-state index in [9.17, 15) is 0 Å². The van der Waals surface area contributed by atoms with Gasteiger partial charge in [0.25, 0.3) is 0 Å². The minimum Gasteiger partial charge on any atom is -0.356 e. The maximum absolute atomic E-state index is 2.63. The summed E-state index contributed by atoms with van der Waals surface area (Å²) in [4.78, 5) is 5.26. The van der Waals surface area contributed by atoms with Crippen molar-refractivity contribution in [3.63, 3.8) is 0 Å². The summed E-state index contributed by atoms with van der Waals surface area (Å²) in [7, 11) is 0. The van der Waals surface area contributed by atoms with Gasteiger partial charge < -0.3 is 9.80 Å². The standard InChI is InChI=1S/C29H58N2/c1-4-7-9-11-12-13-14-15-16-17-18-19-21-23-26-31-28-27-30(29(31)24-6-3)25-22-20-10-8-5-2/h27-29H,4-26H2,1-3H3. The average molecular weight is 435 g/mol. The van der Waals surface area contributed by atoms with E-state index in [4.69, 9.17) is 0 Å². The molecular formula is C29H58N2. The van der Waals surface area contributed by atoms with Crippen LogP contribution < -0.4 is 0 Å². The van der Waals surface area contributed by atoms with Crippen molar-refractivity contribution >= 4 is 0 Å². The fourth-order valence-corrected chi connectivity index (χ4v) is 4.98. The van der Waals surface area contributed by atoms with Gasteiger partial charge in [-0.1, -0.05) is 136 Å². The van der Waals surface area contributed by atoms with Crippen LogP contribution >= 0.6 is 0 Å². The smallest absolute Gasteiger partial charge is 0.101 e. The quantitative estimate of drug-likeness (QED) is 0.148. The summed E-state index contributed by atoms with van der Waals surface area (Å²) in [5.74, 6) is 0. The van der Waals surface area contributed by atoms with Crippen molar-refractivity contribution < 1.29 is 0 Å². The van der Waals surface area contributed by atoms with Crippen molar-refractivity contribution in [2.45, 2.75) is 162 Å². The number of hydrogen-bond donors (Lipinski definition) is 0. The normalized spacial score (nSPS) is 16.0. The zero-order chi connectivity index (χ0) is 22.4. The average Bonchev–Trinajstić information content (AvgIpc) is 3.15. The van der Waals surface area contributed by atoms with Crippen molar-refractivity contribution in [3.05, 3.63) is 12.4 Å². The maximum atomic E-state index is 2.63. The number of hydrogen-bond acceptors (Lipinski definition) is 2. The fraction of sp³-hybridized carbons (Fsp3) is 0.931. The Morgan fingerprint density at radius 2 is 0.742 bits per heavy atom. The molecule has 1 unspecified atom stereocenters. The Bertz CT molecular complexity index is 392. The number of unbranched alkanes of at least 4 members (excludes halogenated alkanes) is 17. The molecule has 0 N–H and O–H groups in total. The molecule has 0 fully saturated rings. The highest BCUT2D eigenvalue weighted by Crippen LogP contribution is 2.22. The van der Waals surface area contributed by atoms with Gasteiger partial charge in [-0.15, -0.1) is 0 Å². The highest BCUT2D eigenvalue weighted by Gasteiger charge is 2.24. The van der Waals surface area contributed by atoms with Crippen molar-refractivity contribution in [2.24, 2.45) is 0 Å². The van der Waals surface area contributed by atoms with Crippen LogP contribution in [0.2, 0.25) is 0 Å². The third-order valence-electron chi connectivity index (χ3n) is 7.05. The highest BCUT2D eigenvalue weighted by molar-refractivity contribution is 4.96. The fourth-order valence-electron chi connectivity index (χ4n) is 4.98. The summed E-state index contributed by atoms with van der Waals surface area (Å²) < 4.78 is 0. The van der Waals surface area contributed by atoms with E-state index >= 15 is 0 Å². The topological polar surface area (TPSA) is 6.48 Å². The molecule has 0 aliphatic carbocycles. The van der Waals surface area contributed by atoms with Gasteiger partial charge >= 0.3 is 0 Å². The first-order valence-electron chi connectivity index (χ1n) is 14.5. The lowest BCUT2D eigenvalue weighted by Gasteiger charge is -2.33. The van der Waals surface area contributed by atoms with Crippen LogP contribution in [-0.4, -0.2) is 29.1 Å². The lowest BCUT2D eigenvalue weighted by Crippen LogP contribution is -2.39. The third-order valence-corrected chi connectivity index (χ3v) is 7.05. The van der Waals surface area contributed by atoms with Crippen LogP contribution in [0.25, 0.3) is 0 Å². The second-order valence-corrected chi connectivity index (χ2v) is 10.1. The lowest BCUT2D eigenvalue weighted by molar-refractivity contribution is 0.138. The molecule has 1 aliphatic rings. The van der Waals surface area contributed by atoms with Gasteiger partial charge in [-0.2, -0.15) is 0 Å². The molecule has 0 spiro atoms. The van der Waals surface area contributed by atoms with Crippen LogP contribution in [0.15, 0.2) is 12.4 Å². The Kier molecular flexibility index (Phi) is 19.4. The van der Waals surface area contributed by atoms with Crippen LogP contribution in [0.1, 0.15) is 156 Å². The summed E-state index contributed by atoms with van der Waals surface area (Å²) in [6.07, 6.45) is 35.1. The first kappa shape index (κ1) is 28.4. The second kappa shape index (κ2) is 21.2. The van der Waals surface area contributed by atoms with E-state index in [1.807, 2.05) is 0 Å². The summed E-state index contributed by atoms with van der Waals surface area (Å²) >= 11 is 0. The van der Waals surface area contributed by atoms with E-state index in [0.717, 1.165) is 0 Å². The molecule has 0 saturated heterocycles. The van der Waals surface area contributed by atoms with E-state index in [2.05, 4.69) is 43.0 Å². The molecule has 0 amide bonds. The van der Waals surface area contributed by atoms with Crippen LogP contribution in [0.4, 0.5) is 0 Å². The SMILES string of the molecule is CCCCCCCCCCCCCCCCN1C=CN(CCCCCCC)C1CCC. The maximum Gasteiger partial charge on any atom is 0.101 e. The number of rotatable bonds is 23. The van der Waals surface area contributed by atoms with Gasteiger partial charge in [0.15, 0.2) is 0 Å². The Morgan fingerprint density at radius 1 is 0.419 bits per heavy atom. The monoisotopic (exact) mass is 434 g/mol. The molecule has 1 atom stereocenters. The molecular weight excluding hydrogens is 376 g/mol. The minimum absolute atomic E-state index is 0.637. The zero-order valence-corrected chi connectivity index (χ0v) is 21.9. The molecule has 184 valence electrons. The minimum atomic E-state index is 0.637. The van der Waals surface area contributed by atoms with Crippen LogP contribution in [0.5, 0.6) is 0 Å². The molecule has 0 aromatic carbocycles. The lowest BCUT2D eigenvalue weighted by atomic mass is 10.0. The largest absolute Gasteiger partial charge is 0.356 e. The van der Waals surface area contributed by atoms with E-state index in [0.29, 0.717) is 6.17 Å². The Morgan fingerprint density at radius 3 is 1.06 bits per heavy atom. The van der Waals surface area contributed by atoms with Crippen molar-refractivity contribution in [1.82, 2.24) is 9.80 Å².